The molecule has 3 rings (SSSR count). The van der Waals surface area contributed by atoms with E-state index in [1.54, 1.807) is 0 Å². The first-order valence-corrected chi connectivity index (χ1v) is 7.05. The molecule has 1 unspecified atom stereocenters. The molecule has 0 aromatic heterocycles. The number of hydrogen-bond acceptors (Lipinski definition) is 3. The largest absolute Gasteiger partial charge is 0.493 e. The SMILES string of the molecule is Cc1ccc(C(NN)c2cccc3c2OCC3)cc1Cl. The van der Waals surface area contributed by atoms with Gasteiger partial charge < -0.3 is 4.74 Å². The van der Waals surface area contributed by atoms with Crippen LogP contribution in [-0.4, -0.2) is 6.61 Å². The summed E-state index contributed by atoms with van der Waals surface area (Å²) in [6.45, 7) is 2.72. The maximum atomic E-state index is 6.22. The summed E-state index contributed by atoms with van der Waals surface area (Å²) >= 11 is 6.22. The van der Waals surface area contributed by atoms with Crippen LogP contribution in [0.2, 0.25) is 5.02 Å². The monoisotopic (exact) mass is 288 g/mol. The van der Waals surface area contributed by atoms with E-state index >= 15 is 0 Å². The van der Waals surface area contributed by atoms with Crippen LogP contribution in [0.4, 0.5) is 0 Å². The van der Waals surface area contributed by atoms with Crippen molar-refractivity contribution in [1.29, 1.82) is 0 Å². The maximum absolute atomic E-state index is 6.22. The van der Waals surface area contributed by atoms with Gasteiger partial charge in [0.25, 0.3) is 0 Å². The van der Waals surface area contributed by atoms with E-state index in [0.29, 0.717) is 0 Å². The summed E-state index contributed by atoms with van der Waals surface area (Å²) in [6, 6.07) is 12.1. The lowest BCUT2D eigenvalue weighted by Crippen LogP contribution is -2.29. The van der Waals surface area contributed by atoms with Crippen molar-refractivity contribution in [3.63, 3.8) is 0 Å². The minimum atomic E-state index is -0.124. The fourth-order valence-electron chi connectivity index (χ4n) is 2.62. The molecule has 0 saturated heterocycles. The molecule has 0 aliphatic carbocycles. The Bertz CT molecular complexity index is 642. The molecule has 0 radical (unpaired) electrons. The summed E-state index contributed by atoms with van der Waals surface area (Å²) in [5.74, 6) is 6.72. The normalized spacial score (nSPS) is 14.8. The minimum absolute atomic E-state index is 0.124. The molecule has 1 atom stereocenters. The Hall–Kier alpha value is -1.55. The topological polar surface area (TPSA) is 47.3 Å². The minimum Gasteiger partial charge on any atom is -0.493 e. The van der Waals surface area contributed by atoms with Gasteiger partial charge in [-0.05, 0) is 29.7 Å². The average Bonchev–Trinajstić information content (AvgIpc) is 2.93. The number of halogens is 1. The van der Waals surface area contributed by atoms with E-state index in [2.05, 4.69) is 11.5 Å². The number of aryl methyl sites for hydroxylation is 1. The molecule has 0 amide bonds. The summed E-state index contributed by atoms with van der Waals surface area (Å²) in [6.07, 6.45) is 0.953. The highest BCUT2D eigenvalue weighted by Crippen LogP contribution is 2.36. The smallest absolute Gasteiger partial charge is 0.127 e. The molecule has 0 spiro atoms. The van der Waals surface area contributed by atoms with Gasteiger partial charge in [-0.2, -0.15) is 0 Å². The first kappa shape index (κ1) is 13.4. The van der Waals surface area contributed by atoms with Gasteiger partial charge in [0.2, 0.25) is 0 Å². The lowest BCUT2D eigenvalue weighted by atomic mass is 9.95. The molecule has 1 aliphatic heterocycles. The van der Waals surface area contributed by atoms with Crippen LogP contribution < -0.4 is 16.0 Å². The fraction of sp³-hybridized carbons (Fsp3) is 0.250. The third kappa shape index (κ3) is 2.29. The van der Waals surface area contributed by atoms with Crippen LogP contribution in [0, 0.1) is 6.92 Å². The number of benzene rings is 2. The number of para-hydroxylation sites is 1. The predicted molar refractivity (Wildman–Crippen MR) is 81.0 cm³/mol. The molecule has 2 aromatic rings. The third-order valence-electron chi connectivity index (χ3n) is 3.75. The van der Waals surface area contributed by atoms with Crippen LogP contribution in [0.15, 0.2) is 36.4 Å². The van der Waals surface area contributed by atoms with Crippen LogP contribution in [0.5, 0.6) is 5.75 Å². The Morgan fingerprint density at radius 3 is 2.90 bits per heavy atom. The summed E-state index contributed by atoms with van der Waals surface area (Å²) in [4.78, 5) is 0. The first-order valence-electron chi connectivity index (χ1n) is 6.67. The standard InChI is InChI=1S/C16H17ClN2O/c1-10-5-6-12(9-14(10)17)15(19-18)13-4-2-3-11-7-8-20-16(11)13/h2-6,9,15,19H,7-8,18H2,1H3. The van der Waals surface area contributed by atoms with Crippen molar-refractivity contribution in [2.24, 2.45) is 5.84 Å². The van der Waals surface area contributed by atoms with Gasteiger partial charge in [0.05, 0.1) is 12.6 Å². The third-order valence-corrected chi connectivity index (χ3v) is 4.16. The Balaban J connectivity index is 2.06. The van der Waals surface area contributed by atoms with Crippen molar-refractivity contribution in [1.82, 2.24) is 5.43 Å². The van der Waals surface area contributed by atoms with Gasteiger partial charge in [-0.3, -0.25) is 5.84 Å². The Morgan fingerprint density at radius 2 is 2.15 bits per heavy atom. The second-order valence-electron chi connectivity index (χ2n) is 5.04. The molecule has 3 nitrogen and oxygen atoms in total. The number of hydrogen-bond donors (Lipinski definition) is 2. The van der Waals surface area contributed by atoms with Crippen molar-refractivity contribution in [2.75, 3.05) is 6.61 Å². The molecule has 1 heterocycles. The van der Waals surface area contributed by atoms with Gasteiger partial charge in [0.15, 0.2) is 0 Å². The highest BCUT2D eigenvalue weighted by atomic mass is 35.5. The van der Waals surface area contributed by atoms with Crippen molar-refractivity contribution in [3.05, 3.63) is 63.7 Å². The second kappa shape index (κ2) is 5.44. The van der Waals surface area contributed by atoms with Crippen molar-refractivity contribution in [3.8, 4) is 5.75 Å². The molecule has 0 fully saturated rings. The molecule has 0 bridgehead atoms. The van der Waals surface area contributed by atoms with E-state index in [4.69, 9.17) is 22.2 Å². The number of fused-ring (bicyclic) bond motifs is 1. The number of nitrogens with two attached hydrogens (primary N) is 1. The van der Waals surface area contributed by atoms with Crippen molar-refractivity contribution >= 4 is 11.6 Å². The van der Waals surface area contributed by atoms with E-state index in [9.17, 15) is 0 Å². The summed E-state index contributed by atoms with van der Waals surface area (Å²) in [5, 5.41) is 0.747. The van der Waals surface area contributed by atoms with Gasteiger partial charge >= 0.3 is 0 Å². The second-order valence-corrected chi connectivity index (χ2v) is 5.45. The molecule has 0 saturated carbocycles. The van der Waals surface area contributed by atoms with Gasteiger partial charge in [-0.15, -0.1) is 0 Å². The molecule has 1 aliphatic rings. The molecule has 2 aromatic carbocycles. The fourth-order valence-corrected chi connectivity index (χ4v) is 2.81. The van der Waals surface area contributed by atoms with Gasteiger partial charge in [-0.25, -0.2) is 5.43 Å². The molecular formula is C16H17ClN2O. The maximum Gasteiger partial charge on any atom is 0.127 e. The molecule has 3 N–H and O–H groups in total. The quantitative estimate of drug-likeness (QED) is 0.674. The summed E-state index contributed by atoms with van der Waals surface area (Å²) in [7, 11) is 0. The molecular weight excluding hydrogens is 272 g/mol. The summed E-state index contributed by atoms with van der Waals surface area (Å²) in [5.41, 5.74) is 7.26. The predicted octanol–water partition coefficient (Wildman–Crippen LogP) is 3.14. The zero-order valence-corrected chi connectivity index (χ0v) is 12.1. The average molecular weight is 289 g/mol. The summed E-state index contributed by atoms with van der Waals surface area (Å²) < 4.78 is 5.76. The van der Waals surface area contributed by atoms with Gasteiger partial charge in [0, 0.05) is 17.0 Å². The van der Waals surface area contributed by atoms with Gasteiger partial charge in [-0.1, -0.05) is 41.9 Å². The van der Waals surface area contributed by atoms with E-state index in [1.165, 1.54) is 5.56 Å². The number of ether oxygens (including phenoxy) is 1. The molecule has 20 heavy (non-hydrogen) atoms. The lowest BCUT2D eigenvalue weighted by Gasteiger charge is -2.20. The Morgan fingerprint density at radius 1 is 1.30 bits per heavy atom. The van der Waals surface area contributed by atoms with Crippen molar-refractivity contribution < 1.29 is 4.74 Å². The highest BCUT2D eigenvalue weighted by molar-refractivity contribution is 6.31. The van der Waals surface area contributed by atoms with Crippen LogP contribution in [0.25, 0.3) is 0 Å². The zero-order valence-electron chi connectivity index (χ0n) is 11.3. The first-order chi connectivity index (χ1) is 9.70. The van der Waals surface area contributed by atoms with Crippen LogP contribution in [0.1, 0.15) is 28.3 Å². The zero-order chi connectivity index (χ0) is 14.1. The van der Waals surface area contributed by atoms with Crippen molar-refractivity contribution in [2.45, 2.75) is 19.4 Å². The number of hydrazine groups is 1. The van der Waals surface area contributed by atoms with E-state index in [-0.39, 0.29) is 6.04 Å². The lowest BCUT2D eigenvalue weighted by molar-refractivity contribution is 0.350. The Labute approximate surface area is 123 Å². The molecule has 4 heteroatoms. The molecule has 104 valence electrons. The van der Waals surface area contributed by atoms with E-state index in [1.807, 2.05) is 37.3 Å². The Kier molecular flexibility index (Phi) is 3.66. The van der Waals surface area contributed by atoms with Crippen LogP contribution in [-0.2, 0) is 6.42 Å². The number of nitrogens with one attached hydrogen (secondary N) is 1. The van der Waals surface area contributed by atoms with Crippen LogP contribution in [0.3, 0.4) is 0 Å². The van der Waals surface area contributed by atoms with E-state index < -0.39 is 0 Å². The van der Waals surface area contributed by atoms with Crippen LogP contribution >= 0.6 is 11.6 Å². The highest BCUT2D eigenvalue weighted by Gasteiger charge is 2.22. The van der Waals surface area contributed by atoms with E-state index in [0.717, 1.165) is 40.5 Å². The van der Waals surface area contributed by atoms with Gasteiger partial charge in [0.1, 0.15) is 5.75 Å². The number of rotatable bonds is 3.